The number of fused-ring (bicyclic) bond motifs is 1. The van der Waals surface area contributed by atoms with Gasteiger partial charge in [0.05, 0.1) is 12.2 Å². The van der Waals surface area contributed by atoms with Crippen molar-refractivity contribution in [1.82, 2.24) is 15.2 Å². The largest absolute Gasteiger partial charge is 0.395 e. The van der Waals surface area contributed by atoms with Crippen molar-refractivity contribution in [2.45, 2.75) is 27.0 Å². The second-order valence-electron chi connectivity index (χ2n) is 7.42. The van der Waals surface area contributed by atoms with E-state index in [1.54, 1.807) is 12.1 Å². The third-order valence-corrected chi connectivity index (χ3v) is 5.49. The predicted molar refractivity (Wildman–Crippen MR) is 115 cm³/mol. The molecule has 5 N–H and O–H groups in total. The molecular formula is C22H29FN4O3. The Morgan fingerprint density at radius 1 is 1.30 bits per heavy atom. The number of rotatable bonds is 9. The van der Waals surface area contributed by atoms with Crippen LogP contribution in [0.25, 0.3) is 11.6 Å². The number of hydrogen-bond donors (Lipinski definition) is 5. The number of likely N-dealkylation sites (N-methyl/N-ethyl adjacent to an activating group) is 1. The maximum absolute atomic E-state index is 13.7. The summed E-state index contributed by atoms with van der Waals surface area (Å²) in [7, 11) is 0. The molecule has 3 rings (SSSR count). The van der Waals surface area contributed by atoms with Gasteiger partial charge in [0.15, 0.2) is 0 Å². The highest BCUT2D eigenvalue weighted by Crippen LogP contribution is 2.35. The molecule has 1 aromatic heterocycles. The molecule has 0 spiro atoms. The average molecular weight is 416 g/mol. The van der Waals surface area contributed by atoms with Crippen LogP contribution in [-0.4, -0.2) is 58.8 Å². The zero-order chi connectivity index (χ0) is 21.8. The van der Waals surface area contributed by atoms with Crippen LogP contribution < -0.4 is 10.6 Å². The van der Waals surface area contributed by atoms with E-state index >= 15 is 0 Å². The third-order valence-electron chi connectivity index (χ3n) is 5.49. The van der Waals surface area contributed by atoms with Crippen LogP contribution in [0.2, 0.25) is 0 Å². The van der Waals surface area contributed by atoms with E-state index in [0.717, 1.165) is 23.4 Å². The maximum Gasteiger partial charge on any atom is 0.256 e. The van der Waals surface area contributed by atoms with Crippen molar-refractivity contribution in [2.75, 3.05) is 38.1 Å². The summed E-state index contributed by atoms with van der Waals surface area (Å²) < 4.78 is 13.7. The number of nitrogens with zero attached hydrogens (tertiary/aromatic N) is 1. The Hall–Kier alpha value is -2.52. The van der Waals surface area contributed by atoms with Crippen molar-refractivity contribution < 1.29 is 19.4 Å². The van der Waals surface area contributed by atoms with Crippen molar-refractivity contribution in [1.29, 1.82) is 0 Å². The zero-order valence-corrected chi connectivity index (χ0v) is 17.6. The first-order valence-electron chi connectivity index (χ1n) is 10.1. The number of aryl methyl sites for hydroxylation is 1. The zero-order valence-electron chi connectivity index (χ0n) is 17.6. The Kier molecular flexibility index (Phi) is 7.04. The van der Waals surface area contributed by atoms with Crippen LogP contribution in [0, 0.1) is 19.7 Å². The summed E-state index contributed by atoms with van der Waals surface area (Å²) in [5.41, 5.74) is 4.52. The van der Waals surface area contributed by atoms with Crippen LogP contribution in [0.1, 0.15) is 41.2 Å². The fraction of sp³-hybridized carbons (Fsp3) is 0.409. The van der Waals surface area contributed by atoms with E-state index in [1.807, 2.05) is 20.8 Å². The van der Waals surface area contributed by atoms with Gasteiger partial charge in [-0.1, -0.05) is 6.92 Å². The molecule has 0 bridgehead atoms. The lowest BCUT2D eigenvalue weighted by Crippen LogP contribution is -2.35. The molecule has 1 unspecified atom stereocenters. The molecule has 7 nitrogen and oxygen atoms in total. The van der Waals surface area contributed by atoms with E-state index in [9.17, 15) is 14.3 Å². The van der Waals surface area contributed by atoms with E-state index in [0.29, 0.717) is 42.2 Å². The first-order valence-corrected chi connectivity index (χ1v) is 10.1. The van der Waals surface area contributed by atoms with Crippen LogP contribution >= 0.6 is 0 Å². The summed E-state index contributed by atoms with van der Waals surface area (Å²) in [5.74, 6) is -0.691. The predicted octanol–water partition coefficient (Wildman–Crippen LogP) is 2.16. The van der Waals surface area contributed by atoms with Crippen LogP contribution in [0.3, 0.4) is 0 Å². The number of benzene rings is 1. The second kappa shape index (κ2) is 9.53. The molecule has 1 amide bonds. The number of aliphatic hydroxyl groups excluding tert-OH is 2. The third kappa shape index (κ3) is 4.62. The van der Waals surface area contributed by atoms with Crippen molar-refractivity contribution in [2.24, 2.45) is 0 Å². The van der Waals surface area contributed by atoms with Crippen LogP contribution in [0.5, 0.6) is 0 Å². The number of nitrogens with one attached hydrogen (secondary N) is 3. The molecule has 162 valence electrons. The van der Waals surface area contributed by atoms with E-state index in [4.69, 9.17) is 5.11 Å². The Morgan fingerprint density at radius 2 is 2.07 bits per heavy atom. The molecule has 1 aliphatic rings. The Morgan fingerprint density at radius 3 is 2.77 bits per heavy atom. The van der Waals surface area contributed by atoms with Crippen molar-refractivity contribution in [3.8, 4) is 0 Å². The monoisotopic (exact) mass is 416 g/mol. The van der Waals surface area contributed by atoms with Gasteiger partial charge in [-0.2, -0.15) is 0 Å². The smallest absolute Gasteiger partial charge is 0.256 e. The van der Waals surface area contributed by atoms with Crippen molar-refractivity contribution in [3.05, 3.63) is 52.1 Å². The maximum atomic E-state index is 13.7. The van der Waals surface area contributed by atoms with Gasteiger partial charge in [0.1, 0.15) is 12.0 Å². The van der Waals surface area contributed by atoms with Gasteiger partial charge < -0.3 is 25.4 Å². The summed E-state index contributed by atoms with van der Waals surface area (Å²) in [6.45, 7) is 8.54. The summed E-state index contributed by atoms with van der Waals surface area (Å²) in [4.78, 5) is 17.7. The molecule has 1 atom stereocenters. The number of anilines is 1. The SMILES string of the molecule is CCN(CCO)CCNC(O)c1c(C)[nH]c(/C=C2\C(=O)Nc3ccc(F)cc32)c1C. The fourth-order valence-electron chi connectivity index (χ4n) is 3.82. The number of carbonyl (C=O) groups is 1. The summed E-state index contributed by atoms with van der Waals surface area (Å²) in [5, 5.41) is 25.6. The molecule has 2 aromatic rings. The Balaban J connectivity index is 1.79. The molecule has 1 aliphatic heterocycles. The highest BCUT2D eigenvalue weighted by atomic mass is 19.1. The van der Waals surface area contributed by atoms with Gasteiger partial charge in [0.2, 0.25) is 0 Å². The second-order valence-corrected chi connectivity index (χ2v) is 7.42. The number of aromatic amines is 1. The van der Waals surface area contributed by atoms with Gasteiger partial charge in [-0.15, -0.1) is 0 Å². The molecule has 1 aromatic carbocycles. The standard InChI is InChI=1S/C22H29FN4O3/c1-4-27(9-10-28)8-7-24-22(30)20-13(2)19(25-14(20)3)12-17-16-11-15(23)5-6-18(16)26-21(17)29/h5-6,11-12,22,24-25,28,30H,4,7-10H2,1-3H3,(H,26,29)/b17-12-. The number of aromatic nitrogens is 1. The minimum absolute atomic E-state index is 0.102. The first-order chi connectivity index (χ1) is 14.3. The minimum Gasteiger partial charge on any atom is -0.395 e. The fourth-order valence-corrected chi connectivity index (χ4v) is 3.82. The van der Waals surface area contributed by atoms with Gasteiger partial charge in [-0.3, -0.25) is 10.1 Å². The lowest BCUT2D eigenvalue weighted by Gasteiger charge is -2.21. The number of H-pyrrole nitrogens is 1. The lowest BCUT2D eigenvalue weighted by atomic mass is 10.0. The van der Waals surface area contributed by atoms with E-state index < -0.39 is 12.0 Å². The molecule has 2 heterocycles. The van der Waals surface area contributed by atoms with Crippen LogP contribution in [0.4, 0.5) is 10.1 Å². The van der Waals surface area contributed by atoms with Gasteiger partial charge in [0, 0.05) is 47.8 Å². The van der Waals surface area contributed by atoms with E-state index in [1.165, 1.54) is 12.1 Å². The first kappa shape index (κ1) is 22.2. The van der Waals surface area contributed by atoms with Gasteiger partial charge in [0.25, 0.3) is 5.91 Å². The summed E-state index contributed by atoms with van der Waals surface area (Å²) in [6, 6.07) is 4.20. The molecule has 0 aliphatic carbocycles. The topological polar surface area (TPSA) is 101 Å². The van der Waals surface area contributed by atoms with Gasteiger partial charge in [-0.25, -0.2) is 4.39 Å². The number of halogens is 1. The van der Waals surface area contributed by atoms with Crippen LogP contribution in [-0.2, 0) is 4.79 Å². The number of aliphatic hydroxyl groups is 2. The van der Waals surface area contributed by atoms with Gasteiger partial charge >= 0.3 is 0 Å². The van der Waals surface area contributed by atoms with Crippen LogP contribution in [0.15, 0.2) is 18.2 Å². The van der Waals surface area contributed by atoms with E-state index in [-0.39, 0.29) is 12.5 Å². The Labute approximate surface area is 175 Å². The molecule has 0 fully saturated rings. The number of carbonyl (C=O) groups excluding carboxylic acids is 1. The molecule has 8 heteroatoms. The van der Waals surface area contributed by atoms with Crippen molar-refractivity contribution in [3.63, 3.8) is 0 Å². The molecular weight excluding hydrogens is 387 g/mol. The number of amides is 1. The highest BCUT2D eigenvalue weighted by Gasteiger charge is 2.26. The lowest BCUT2D eigenvalue weighted by molar-refractivity contribution is -0.110. The number of hydrogen-bond acceptors (Lipinski definition) is 5. The summed E-state index contributed by atoms with van der Waals surface area (Å²) >= 11 is 0. The molecule has 30 heavy (non-hydrogen) atoms. The summed E-state index contributed by atoms with van der Waals surface area (Å²) in [6.07, 6.45) is 0.822. The normalized spacial score (nSPS) is 15.7. The molecule has 0 saturated heterocycles. The molecule has 0 saturated carbocycles. The quantitative estimate of drug-likeness (QED) is 0.319. The Bertz CT molecular complexity index is 954. The van der Waals surface area contributed by atoms with E-state index in [2.05, 4.69) is 20.5 Å². The molecule has 0 radical (unpaired) electrons. The highest BCUT2D eigenvalue weighted by molar-refractivity contribution is 6.34. The average Bonchev–Trinajstić information content (AvgIpc) is 3.16. The van der Waals surface area contributed by atoms with Crippen molar-refractivity contribution >= 4 is 23.2 Å². The van der Waals surface area contributed by atoms with Gasteiger partial charge in [-0.05, 0) is 50.2 Å². The minimum atomic E-state index is -0.872.